The molecule has 1 aromatic rings. The Morgan fingerprint density at radius 1 is 1.21 bits per heavy atom. The summed E-state index contributed by atoms with van der Waals surface area (Å²) < 4.78 is 4.88. The molecule has 1 aromatic heterocycles. The number of carbonyl (C=O) groups is 1. The highest BCUT2D eigenvalue weighted by atomic mass is 16.5. The van der Waals surface area contributed by atoms with Gasteiger partial charge in [-0.1, -0.05) is 6.07 Å². The van der Waals surface area contributed by atoms with Gasteiger partial charge in [-0.05, 0) is 38.4 Å². The van der Waals surface area contributed by atoms with E-state index in [2.05, 4.69) is 51.1 Å². The van der Waals surface area contributed by atoms with Crippen molar-refractivity contribution in [2.45, 2.75) is 26.3 Å². The molecule has 8 nitrogen and oxygen atoms in total. The number of nitrogens with zero attached hydrogens (tertiary/aromatic N) is 5. The zero-order chi connectivity index (χ0) is 20.6. The molecular formula is C21H34N6O2. The largest absolute Gasteiger partial charge is 0.469 e. The summed E-state index contributed by atoms with van der Waals surface area (Å²) in [6.07, 6.45) is 3.54. The van der Waals surface area contributed by atoms with Crippen molar-refractivity contribution in [1.29, 1.82) is 0 Å². The molecule has 0 atom stereocenters. The number of hydrogen-bond acceptors (Lipinski definition) is 6. The van der Waals surface area contributed by atoms with Crippen molar-refractivity contribution >= 4 is 17.7 Å². The molecule has 160 valence electrons. The molecule has 0 aromatic carbocycles. The molecular weight excluding hydrogens is 368 g/mol. The fraction of sp³-hybridized carbons (Fsp3) is 0.667. The van der Waals surface area contributed by atoms with E-state index in [1.165, 1.54) is 7.11 Å². The molecule has 8 heteroatoms. The summed E-state index contributed by atoms with van der Waals surface area (Å²) in [6.45, 7) is 9.30. The number of hydrogen-bond donors (Lipinski definition) is 1. The van der Waals surface area contributed by atoms with Gasteiger partial charge in [0, 0.05) is 52.0 Å². The Morgan fingerprint density at radius 2 is 1.93 bits per heavy atom. The fourth-order valence-electron chi connectivity index (χ4n) is 3.82. The number of esters is 1. The van der Waals surface area contributed by atoms with E-state index >= 15 is 0 Å². The van der Waals surface area contributed by atoms with Gasteiger partial charge < -0.3 is 24.8 Å². The van der Waals surface area contributed by atoms with Gasteiger partial charge in [-0.3, -0.25) is 4.79 Å². The van der Waals surface area contributed by atoms with Crippen LogP contribution in [0.2, 0.25) is 0 Å². The van der Waals surface area contributed by atoms with E-state index in [4.69, 9.17) is 9.73 Å². The Hall–Kier alpha value is -2.35. The fourth-order valence-corrected chi connectivity index (χ4v) is 3.82. The lowest BCUT2D eigenvalue weighted by molar-refractivity contribution is -0.146. The second-order valence-corrected chi connectivity index (χ2v) is 7.77. The average molecular weight is 403 g/mol. The van der Waals surface area contributed by atoms with Crippen LogP contribution in [0.3, 0.4) is 0 Å². The van der Waals surface area contributed by atoms with Crippen molar-refractivity contribution in [2.75, 3.05) is 64.9 Å². The molecule has 0 radical (unpaired) electrons. The monoisotopic (exact) mass is 402 g/mol. The summed E-state index contributed by atoms with van der Waals surface area (Å²) in [7, 11) is 3.62. The second-order valence-electron chi connectivity index (χ2n) is 7.77. The molecule has 0 unspecified atom stereocenters. The highest BCUT2D eigenvalue weighted by Gasteiger charge is 2.27. The summed E-state index contributed by atoms with van der Waals surface area (Å²) in [5.74, 6) is 1.85. The third-order valence-electron chi connectivity index (χ3n) is 5.71. The average Bonchev–Trinajstić information content (AvgIpc) is 2.77. The minimum atomic E-state index is -0.0990. The van der Waals surface area contributed by atoms with E-state index in [0.717, 1.165) is 76.0 Å². The molecule has 29 heavy (non-hydrogen) atoms. The lowest BCUT2D eigenvalue weighted by Gasteiger charge is -2.33. The first kappa shape index (κ1) is 21.4. The predicted octanol–water partition coefficient (Wildman–Crippen LogP) is 1.18. The SMILES string of the molecule is CCNC(=NCc1ccc(N2CCN(C)CC2)nc1)N1CCC(C(=O)OC)CC1. The van der Waals surface area contributed by atoms with Crippen LogP contribution in [0.5, 0.6) is 0 Å². The number of guanidine groups is 1. The van der Waals surface area contributed by atoms with Gasteiger partial charge in [0.1, 0.15) is 5.82 Å². The van der Waals surface area contributed by atoms with Crippen LogP contribution in [0.4, 0.5) is 5.82 Å². The van der Waals surface area contributed by atoms with E-state index in [-0.39, 0.29) is 11.9 Å². The maximum Gasteiger partial charge on any atom is 0.308 e. The number of aromatic nitrogens is 1. The Kier molecular flexibility index (Phi) is 7.69. The molecule has 0 saturated carbocycles. The zero-order valence-corrected chi connectivity index (χ0v) is 17.9. The number of aliphatic imine (C=N–C) groups is 1. The molecule has 3 rings (SSSR count). The van der Waals surface area contributed by atoms with Gasteiger partial charge in [0.05, 0.1) is 19.6 Å². The third kappa shape index (κ3) is 5.82. The first-order valence-electron chi connectivity index (χ1n) is 10.6. The van der Waals surface area contributed by atoms with Crippen LogP contribution in [-0.2, 0) is 16.1 Å². The molecule has 2 fully saturated rings. The van der Waals surface area contributed by atoms with Gasteiger partial charge in [-0.15, -0.1) is 0 Å². The van der Waals surface area contributed by atoms with Gasteiger partial charge in [0.2, 0.25) is 0 Å². The maximum absolute atomic E-state index is 11.7. The minimum Gasteiger partial charge on any atom is -0.469 e. The maximum atomic E-state index is 11.7. The van der Waals surface area contributed by atoms with Gasteiger partial charge in [0.25, 0.3) is 0 Å². The topological polar surface area (TPSA) is 73.3 Å². The normalized spacial score (nSPS) is 19.3. The lowest BCUT2D eigenvalue weighted by Crippen LogP contribution is -2.46. The molecule has 3 heterocycles. The summed E-state index contributed by atoms with van der Waals surface area (Å²) in [5.41, 5.74) is 1.10. The van der Waals surface area contributed by atoms with Crippen molar-refractivity contribution in [3.8, 4) is 0 Å². The van der Waals surface area contributed by atoms with Crippen LogP contribution in [-0.4, -0.2) is 86.7 Å². The lowest BCUT2D eigenvalue weighted by atomic mass is 9.97. The first-order valence-corrected chi connectivity index (χ1v) is 10.6. The zero-order valence-electron chi connectivity index (χ0n) is 17.9. The number of methoxy groups -OCH3 is 1. The van der Waals surface area contributed by atoms with Crippen LogP contribution in [0.15, 0.2) is 23.3 Å². The second kappa shape index (κ2) is 10.4. The van der Waals surface area contributed by atoms with Crippen LogP contribution < -0.4 is 10.2 Å². The predicted molar refractivity (Wildman–Crippen MR) is 115 cm³/mol. The molecule has 2 saturated heterocycles. The standard InChI is InChI=1S/C21H34N6O2/c1-4-22-21(27-9-7-18(8-10-27)20(28)29-3)24-16-17-5-6-19(23-15-17)26-13-11-25(2)12-14-26/h5-6,15,18H,4,7-14,16H2,1-3H3,(H,22,24). The van der Waals surface area contributed by atoms with E-state index in [9.17, 15) is 4.79 Å². The Bertz CT molecular complexity index is 677. The summed E-state index contributed by atoms with van der Waals surface area (Å²) in [6, 6.07) is 4.22. The highest BCUT2D eigenvalue weighted by Crippen LogP contribution is 2.19. The first-order chi connectivity index (χ1) is 14.1. The molecule has 2 aliphatic heterocycles. The number of piperazine rings is 1. The van der Waals surface area contributed by atoms with Gasteiger partial charge in [0.15, 0.2) is 5.96 Å². The molecule has 0 aliphatic carbocycles. The van der Waals surface area contributed by atoms with Crippen molar-refractivity contribution in [1.82, 2.24) is 20.1 Å². The Balaban J connectivity index is 1.56. The van der Waals surface area contributed by atoms with Crippen molar-refractivity contribution in [2.24, 2.45) is 10.9 Å². The Labute approximate surface area is 173 Å². The van der Waals surface area contributed by atoms with E-state index in [1.54, 1.807) is 0 Å². The number of likely N-dealkylation sites (N-methyl/N-ethyl adjacent to an activating group) is 1. The number of nitrogens with one attached hydrogen (secondary N) is 1. The van der Waals surface area contributed by atoms with Crippen molar-refractivity contribution in [3.05, 3.63) is 23.9 Å². The summed E-state index contributed by atoms with van der Waals surface area (Å²) in [4.78, 5) is 28.1. The van der Waals surface area contributed by atoms with E-state index in [0.29, 0.717) is 6.54 Å². The molecule has 0 bridgehead atoms. The van der Waals surface area contributed by atoms with Crippen molar-refractivity contribution in [3.63, 3.8) is 0 Å². The number of ether oxygens (including phenoxy) is 1. The van der Waals surface area contributed by atoms with Crippen LogP contribution >= 0.6 is 0 Å². The minimum absolute atomic E-state index is 0.00504. The van der Waals surface area contributed by atoms with Crippen LogP contribution in [0.25, 0.3) is 0 Å². The molecule has 0 amide bonds. The van der Waals surface area contributed by atoms with Crippen LogP contribution in [0.1, 0.15) is 25.3 Å². The molecule has 0 spiro atoms. The van der Waals surface area contributed by atoms with E-state index < -0.39 is 0 Å². The number of piperidine rings is 1. The van der Waals surface area contributed by atoms with Crippen LogP contribution in [0, 0.1) is 5.92 Å². The van der Waals surface area contributed by atoms with Gasteiger partial charge in [-0.2, -0.15) is 0 Å². The molecule has 1 N–H and O–H groups in total. The summed E-state index contributed by atoms with van der Waals surface area (Å²) in [5, 5.41) is 3.37. The third-order valence-corrected chi connectivity index (χ3v) is 5.71. The van der Waals surface area contributed by atoms with Gasteiger partial charge >= 0.3 is 5.97 Å². The Morgan fingerprint density at radius 3 is 2.52 bits per heavy atom. The highest BCUT2D eigenvalue weighted by molar-refractivity contribution is 5.80. The van der Waals surface area contributed by atoms with E-state index in [1.807, 2.05) is 6.20 Å². The smallest absolute Gasteiger partial charge is 0.308 e. The quantitative estimate of drug-likeness (QED) is 0.450. The number of likely N-dealkylation sites (tertiary alicyclic amines) is 1. The van der Waals surface area contributed by atoms with Crippen molar-refractivity contribution < 1.29 is 9.53 Å². The number of pyridine rings is 1. The number of rotatable bonds is 5. The summed E-state index contributed by atoms with van der Waals surface area (Å²) >= 11 is 0. The van der Waals surface area contributed by atoms with Gasteiger partial charge in [-0.25, -0.2) is 9.98 Å². The molecule has 2 aliphatic rings. The number of carbonyl (C=O) groups excluding carboxylic acids is 1. The number of anilines is 1.